The molecule has 0 saturated carbocycles. The van der Waals surface area contributed by atoms with Gasteiger partial charge in [-0.05, 0) is 43.1 Å². The van der Waals surface area contributed by atoms with Gasteiger partial charge in [0.2, 0.25) is 5.75 Å². The lowest BCUT2D eigenvalue weighted by Crippen LogP contribution is -2.43. The average molecular weight is 391 g/mol. The van der Waals surface area contributed by atoms with E-state index >= 15 is 0 Å². The van der Waals surface area contributed by atoms with Crippen molar-refractivity contribution in [3.63, 3.8) is 0 Å². The molecule has 0 radical (unpaired) electrons. The fourth-order valence-electron chi connectivity index (χ4n) is 3.23. The number of nitro groups is 1. The third-order valence-corrected chi connectivity index (χ3v) is 4.87. The van der Waals surface area contributed by atoms with Gasteiger partial charge in [0.1, 0.15) is 11.8 Å². The normalized spacial score (nSPS) is 17.4. The quantitative estimate of drug-likeness (QED) is 0.577. The van der Waals surface area contributed by atoms with Crippen molar-refractivity contribution in [2.45, 2.75) is 31.8 Å². The van der Waals surface area contributed by atoms with Gasteiger partial charge in [-0.3, -0.25) is 19.8 Å². The first-order valence-corrected chi connectivity index (χ1v) is 9.00. The molecule has 3 rings (SSSR count). The second-order valence-electron chi connectivity index (χ2n) is 6.41. The molecule has 1 aliphatic heterocycles. The van der Waals surface area contributed by atoms with Crippen molar-refractivity contribution >= 4 is 23.3 Å². The smallest absolute Gasteiger partial charge is 0.320 e. The Kier molecular flexibility index (Phi) is 5.93. The molecule has 1 saturated heterocycles. The standard InChI is InChI=1S/C19H19ClN2O5/c20-14-5-1-2-7-17(14)27-18-9-8-13(11-16(18)22(25)26)12-21-10-4-3-6-15(21)19(23)24/h1-2,5,7-9,11,15H,3-4,6,10,12H2,(H,23,24). The van der Waals surface area contributed by atoms with Crippen LogP contribution < -0.4 is 4.74 Å². The van der Waals surface area contributed by atoms with Crippen LogP contribution in [0.3, 0.4) is 0 Å². The molecule has 142 valence electrons. The van der Waals surface area contributed by atoms with Crippen LogP contribution in [0.1, 0.15) is 24.8 Å². The van der Waals surface area contributed by atoms with E-state index in [0.717, 1.165) is 12.8 Å². The number of aliphatic carboxylic acids is 1. The summed E-state index contributed by atoms with van der Waals surface area (Å²) in [5.41, 5.74) is 0.484. The highest BCUT2D eigenvalue weighted by molar-refractivity contribution is 6.32. The second-order valence-corrected chi connectivity index (χ2v) is 6.82. The molecule has 7 nitrogen and oxygen atoms in total. The average Bonchev–Trinajstić information content (AvgIpc) is 2.65. The van der Waals surface area contributed by atoms with Crippen molar-refractivity contribution in [3.8, 4) is 11.5 Å². The van der Waals surface area contributed by atoms with Crippen LogP contribution in [-0.2, 0) is 11.3 Å². The van der Waals surface area contributed by atoms with Crippen molar-refractivity contribution in [1.29, 1.82) is 0 Å². The Morgan fingerprint density at radius 3 is 2.74 bits per heavy atom. The Bertz CT molecular complexity index is 858. The molecule has 0 bridgehead atoms. The number of piperidine rings is 1. The highest BCUT2D eigenvalue weighted by Gasteiger charge is 2.29. The van der Waals surface area contributed by atoms with Crippen LogP contribution in [0.25, 0.3) is 0 Å². The number of ether oxygens (including phenoxy) is 1. The van der Waals surface area contributed by atoms with Crippen molar-refractivity contribution in [3.05, 3.63) is 63.2 Å². The minimum atomic E-state index is -0.858. The number of carboxylic acid groups (broad SMARTS) is 1. The van der Waals surface area contributed by atoms with Crippen LogP contribution in [0.4, 0.5) is 5.69 Å². The maximum Gasteiger partial charge on any atom is 0.320 e. The molecular formula is C19H19ClN2O5. The zero-order chi connectivity index (χ0) is 19.4. The lowest BCUT2D eigenvalue weighted by Gasteiger charge is -2.32. The molecule has 1 fully saturated rings. The van der Waals surface area contributed by atoms with E-state index in [1.54, 1.807) is 30.3 Å². The van der Waals surface area contributed by atoms with Gasteiger partial charge in [0, 0.05) is 12.6 Å². The summed E-state index contributed by atoms with van der Waals surface area (Å²) in [7, 11) is 0. The summed E-state index contributed by atoms with van der Waals surface area (Å²) < 4.78 is 5.62. The summed E-state index contributed by atoms with van der Waals surface area (Å²) in [5.74, 6) is -0.440. The van der Waals surface area contributed by atoms with Crippen LogP contribution in [0.15, 0.2) is 42.5 Å². The first-order chi connectivity index (χ1) is 13.0. The predicted octanol–water partition coefficient (Wildman–Crippen LogP) is 4.48. The van der Waals surface area contributed by atoms with Crippen LogP contribution in [0.2, 0.25) is 5.02 Å². The summed E-state index contributed by atoms with van der Waals surface area (Å²) in [5, 5.41) is 21.2. The Labute approximate surface area is 161 Å². The molecule has 0 aliphatic carbocycles. The number of hydrogen-bond acceptors (Lipinski definition) is 5. The van der Waals surface area contributed by atoms with Crippen LogP contribution in [0.5, 0.6) is 11.5 Å². The van der Waals surface area contributed by atoms with E-state index in [9.17, 15) is 20.0 Å². The van der Waals surface area contributed by atoms with Crippen molar-refractivity contribution in [2.75, 3.05) is 6.54 Å². The number of likely N-dealkylation sites (tertiary alicyclic amines) is 1. The zero-order valence-electron chi connectivity index (χ0n) is 14.5. The minimum Gasteiger partial charge on any atom is -0.480 e. The van der Waals surface area contributed by atoms with E-state index in [-0.39, 0.29) is 11.4 Å². The van der Waals surface area contributed by atoms with Crippen LogP contribution in [0, 0.1) is 10.1 Å². The molecule has 1 heterocycles. The number of carbonyl (C=O) groups is 1. The van der Waals surface area contributed by atoms with Crippen LogP contribution >= 0.6 is 11.6 Å². The zero-order valence-corrected chi connectivity index (χ0v) is 15.3. The van der Waals surface area contributed by atoms with E-state index < -0.39 is 16.9 Å². The highest BCUT2D eigenvalue weighted by atomic mass is 35.5. The number of hydrogen-bond donors (Lipinski definition) is 1. The van der Waals surface area contributed by atoms with Gasteiger partial charge < -0.3 is 9.84 Å². The molecule has 2 aromatic carbocycles. The fourth-order valence-corrected chi connectivity index (χ4v) is 3.40. The summed E-state index contributed by atoms with van der Waals surface area (Å²) in [6.45, 7) is 0.993. The van der Waals surface area contributed by atoms with E-state index in [1.807, 2.05) is 4.90 Å². The summed E-state index contributed by atoms with van der Waals surface area (Å²) in [4.78, 5) is 24.3. The lowest BCUT2D eigenvalue weighted by molar-refractivity contribution is -0.385. The van der Waals surface area contributed by atoms with E-state index in [1.165, 1.54) is 12.1 Å². The lowest BCUT2D eigenvalue weighted by atomic mass is 10.0. The SMILES string of the molecule is O=C(O)C1CCCCN1Cc1ccc(Oc2ccccc2Cl)c([N+](=O)[O-])c1. The fraction of sp³-hybridized carbons (Fsp3) is 0.316. The summed E-state index contributed by atoms with van der Waals surface area (Å²) >= 11 is 6.05. The Balaban J connectivity index is 1.84. The van der Waals surface area contributed by atoms with Gasteiger partial charge in [-0.15, -0.1) is 0 Å². The number of benzene rings is 2. The van der Waals surface area contributed by atoms with E-state index in [0.29, 0.717) is 35.8 Å². The number of carboxylic acids is 1. The van der Waals surface area contributed by atoms with Gasteiger partial charge >= 0.3 is 11.7 Å². The number of nitrogens with zero attached hydrogens (tertiary/aromatic N) is 2. The summed E-state index contributed by atoms with van der Waals surface area (Å²) in [6, 6.07) is 10.8. The number of nitro benzene ring substituents is 1. The number of para-hydroxylation sites is 1. The van der Waals surface area contributed by atoms with Crippen LogP contribution in [-0.4, -0.2) is 33.5 Å². The molecule has 1 aliphatic rings. The molecule has 0 amide bonds. The van der Waals surface area contributed by atoms with Crippen molar-refractivity contribution in [1.82, 2.24) is 4.90 Å². The highest BCUT2D eigenvalue weighted by Crippen LogP contribution is 2.35. The first-order valence-electron chi connectivity index (χ1n) is 8.62. The largest absolute Gasteiger partial charge is 0.480 e. The molecule has 1 unspecified atom stereocenters. The molecule has 0 spiro atoms. The van der Waals surface area contributed by atoms with Gasteiger partial charge in [-0.2, -0.15) is 0 Å². The third kappa shape index (κ3) is 4.56. The molecule has 1 N–H and O–H groups in total. The maximum atomic E-state index is 11.5. The van der Waals surface area contributed by atoms with Gasteiger partial charge in [0.25, 0.3) is 0 Å². The summed E-state index contributed by atoms with van der Waals surface area (Å²) in [6.07, 6.45) is 2.38. The molecule has 0 aromatic heterocycles. The Morgan fingerprint density at radius 1 is 1.26 bits per heavy atom. The molecule has 27 heavy (non-hydrogen) atoms. The first kappa shape index (κ1) is 19.1. The predicted molar refractivity (Wildman–Crippen MR) is 100 cm³/mol. The molecule has 8 heteroatoms. The number of halogens is 1. The van der Waals surface area contributed by atoms with E-state index in [4.69, 9.17) is 16.3 Å². The van der Waals surface area contributed by atoms with Gasteiger partial charge in [-0.1, -0.05) is 36.2 Å². The second kappa shape index (κ2) is 8.37. The topological polar surface area (TPSA) is 92.9 Å². The van der Waals surface area contributed by atoms with Gasteiger partial charge in [0.05, 0.1) is 9.95 Å². The third-order valence-electron chi connectivity index (χ3n) is 4.56. The maximum absolute atomic E-state index is 11.5. The number of rotatable bonds is 6. The Hall–Kier alpha value is -2.64. The van der Waals surface area contributed by atoms with Crippen molar-refractivity contribution in [2.24, 2.45) is 0 Å². The monoisotopic (exact) mass is 390 g/mol. The minimum absolute atomic E-state index is 0.0882. The molecular weight excluding hydrogens is 372 g/mol. The molecule has 2 aromatic rings. The van der Waals surface area contributed by atoms with Gasteiger partial charge in [0.15, 0.2) is 0 Å². The van der Waals surface area contributed by atoms with Crippen molar-refractivity contribution < 1.29 is 19.6 Å². The van der Waals surface area contributed by atoms with E-state index in [2.05, 4.69) is 0 Å². The van der Waals surface area contributed by atoms with Gasteiger partial charge in [-0.25, -0.2) is 0 Å². The Morgan fingerprint density at radius 2 is 2.04 bits per heavy atom. The molecule has 1 atom stereocenters.